The third-order valence-corrected chi connectivity index (χ3v) is 4.49. The van der Waals surface area contributed by atoms with Crippen LogP contribution in [0.15, 0.2) is 36.4 Å². The number of aliphatic hydroxyl groups excluding tert-OH is 1. The van der Waals surface area contributed by atoms with Crippen molar-refractivity contribution in [2.75, 3.05) is 30.0 Å². The first-order valence-corrected chi connectivity index (χ1v) is 8.51. The summed E-state index contributed by atoms with van der Waals surface area (Å²) in [7, 11) is 0. The van der Waals surface area contributed by atoms with Gasteiger partial charge in [-0.3, -0.25) is 9.69 Å². The minimum Gasteiger partial charge on any atom is -0.491 e. The Hall–Kier alpha value is -3.13. The summed E-state index contributed by atoms with van der Waals surface area (Å²) in [5.74, 6) is -0.141. The zero-order valence-corrected chi connectivity index (χ0v) is 14.3. The monoisotopic (exact) mass is 372 g/mol. The van der Waals surface area contributed by atoms with Crippen molar-refractivity contribution in [1.82, 2.24) is 0 Å². The van der Waals surface area contributed by atoms with E-state index < -0.39 is 18.0 Å². The molecule has 2 aromatic carbocycles. The summed E-state index contributed by atoms with van der Waals surface area (Å²) >= 11 is 0. The molecule has 4 rings (SSSR count). The SMILES string of the molecule is O=C1CCOc2ccc(-c3ccc(N4C[C@H](CO)OC4=O)cc3F)cc2N1. The number of ether oxygens (including phenoxy) is 2. The van der Waals surface area contributed by atoms with E-state index >= 15 is 0 Å². The highest BCUT2D eigenvalue weighted by atomic mass is 19.1. The van der Waals surface area contributed by atoms with Crippen LogP contribution in [0.5, 0.6) is 5.75 Å². The fourth-order valence-electron chi connectivity index (χ4n) is 3.12. The molecule has 2 amide bonds. The zero-order valence-electron chi connectivity index (χ0n) is 14.3. The highest BCUT2D eigenvalue weighted by Crippen LogP contribution is 2.35. The number of carbonyl (C=O) groups is 2. The minimum atomic E-state index is -0.619. The molecular formula is C19H17FN2O5. The van der Waals surface area contributed by atoms with E-state index in [0.717, 1.165) is 0 Å². The van der Waals surface area contributed by atoms with Crippen LogP contribution < -0.4 is 15.0 Å². The lowest BCUT2D eigenvalue weighted by Crippen LogP contribution is -2.25. The van der Waals surface area contributed by atoms with Crippen LogP contribution >= 0.6 is 0 Å². The van der Waals surface area contributed by atoms with Crippen molar-refractivity contribution < 1.29 is 28.6 Å². The van der Waals surface area contributed by atoms with Gasteiger partial charge in [0.15, 0.2) is 0 Å². The topological polar surface area (TPSA) is 88.1 Å². The van der Waals surface area contributed by atoms with Crippen molar-refractivity contribution in [2.24, 2.45) is 0 Å². The van der Waals surface area contributed by atoms with Gasteiger partial charge in [-0.1, -0.05) is 6.07 Å². The van der Waals surface area contributed by atoms with E-state index in [0.29, 0.717) is 34.9 Å². The van der Waals surface area contributed by atoms with Gasteiger partial charge >= 0.3 is 6.09 Å². The number of nitrogens with one attached hydrogen (secondary N) is 1. The summed E-state index contributed by atoms with van der Waals surface area (Å²) in [5, 5.41) is 11.9. The van der Waals surface area contributed by atoms with Gasteiger partial charge in [-0.15, -0.1) is 0 Å². The maximum absolute atomic E-state index is 14.7. The fourth-order valence-corrected chi connectivity index (χ4v) is 3.12. The summed E-state index contributed by atoms with van der Waals surface area (Å²) in [4.78, 5) is 24.8. The summed E-state index contributed by atoms with van der Waals surface area (Å²) in [6, 6.07) is 9.47. The number of halogens is 1. The van der Waals surface area contributed by atoms with Gasteiger partial charge < -0.3 is 19.9 Å². The Morgan fingerprint density at radius 1 is 1.22 bits per heavy atom. The molecule has 2 aliphatic rings. The fraction of sp³-hybridized carbons (Fsp3) is 0.263. The predicted octanol–water partition coefficient (Wildman–Crippen LogP) is 2.53. The van der Waals surface area contributed by atoms with Crippen molar-refractivity contribution in [1.29, 1.82) is 0 Å². The number of cyclic esters (lactones) is 1. The average Bonchev–Trinajstić information content (AvgIpc) is 2.93. The van der Waals surface area contributed by atoms with E-state index in [2.05, 4.69) is 5.32 Å². The Kier molecular flexibility index (Phi) is 4.41. The molecule has 0 bridgehead atoms. The van der Waals surface area contributed by atoms with E-state index in [1.54, 1.807) is 30.3 Å². The molecule has 0 aromatic heterocycles. The summed E-state index contributed by atoms with van der Waals surface area (Å²) in [5.41, 5.74) is 1.74. The molecule has 0 radical (unpaired) electrons. The maximum Gasteiger partial charge on any atom is 0.414 e. The molecule has 0 aliphatic carbocycles. The van der Waals surface area contributed by atoms with Crippen LogP contribution in [-0.4, -0.2) is 43.0 Å². The second kappa shape index (κ2) is 6.88. The van der Waals surface area contributed by atoms with Gasteiger partial charge in [0.2, 0.25) is 5.91 Å². The molecule has 7 nitrogen and oxygen atoms in total. The van der Waals surface area contributed by atoms with Crippen molar-refractivity contribution in [3.63, 3.8) is 0 Å². The standard InChI is InChI=1S/C19H17FN2O5/c20-15-8-12(22-9-13(10-23)27-19(22)25)2-3-14(15)11-1-4-17-16(7-11)21-18(24)5-6-26-17/h1-4,7-8,13,23H,5-6,9-10H2,(H,21,24)/t13-/m1/s1. The number of amides is 2. The zero-order chi connectivity index (χ0) is 19.0. The van der Waals surface area contributed by atoms with Crippen LogP contribution in [0.1, 0.15) is 6.42 Å². The van der Waals surface area contributed by atoms with Crippen LogP contribution in [0.2, 0.25) is 0 Å². The molecule has 0 spiro atoms. The number of rotatable bonds is 3. The number of benzene rings is 2. The molecule has 2 N–H and O–H groups in total. The second-order valence-electron chi connectivity index (χ2n) is 6.32. The Morgan fingerprint density at radius 2 is 2.07 bits per heavy atom. The number of hydrogen-bond acceptors (Lipinski definition) is 5. The Bertz CT molecular complexity index is 917. The average molecular weight is 372 g/mol. The van der Waals surface area contributed by atoms with E-state index in [1.807, 2.05) is 0 Å². The lowest BCUT2D eigenvalue weighted by atomic mass is 10.0. The molecule has 1 atom stereocenters. The van der Waals surface area contributed by atoms with Crippen LogP contribution in [0.3, 0.4) is 0 Å². The Morgan fingerprint density at radius 3 is 2.81 bits per heavy atom. The first-order chi connectivity index (χ1) is 13.0. The van der Waals surface area contributed by atoms with E-state index in [4.69, 9.17) is 14.6 Å². The number of carbonyl (C=O) groups excluding carboxylic acids is 2. The van der Waals surface area contributed by atoms with Crippen LogP contribution in [0.25, 0.3) is 11.1 Å². The quantitative estimate of drug-likeness (QED) is 0.865. The number of aliphatic hydroxyl groups is 1. The molecule has 2 aliphatic heterocycles. The van der Waals surface area contributed by atoms with Crippen LogP contribution in [-0.2, 0) is 9.53 Å². The smallest absolute Gasteiger partial charge is 0.414 e. The predicted molar refractivity (Wildman–Crippen MR) is 95.3 cm³/mol. The van der Waals surface area contributed by atoms with Gasteiger partial charge in [0.25, 0.3) is 0 Å². The normalized spacial score (nSPS) is 19.0. The highest BCUT2D eigenvalue weighted by Gasteiger charge is 2.32. The molecular weight excluding hydrogens is 355 g/mol. The molecule has 8 heteroatoms. The van der Waals surface area contributed by atoms with Gasteiger partial charge in [-0.25, -0.2) is 9.18 Å². The first-order valence-electron chi connectivity index (χ1n) is 8.51. The molecule has 2 heterocycles. The maximum atomic E-state index is 14.7. The van der Waals surface area contributed by atoms with E-state index in [9.17, 15) is 14.0 Å². The summed E-state index contributed by atoms with van der Waals surface area (Å²) < 4.78 is 25.2. The third-order valence-electron chi connectivity index (χ3n) is 4.49. The molecule has 0 saturated carbocycles. The van der Waals surface area contributed by atoms with Gasteiger partial charge in [0, 0.05) is 5.56 Å². The van der Waals surface area contributed by atoms with E-state index in [-0.39, 0.29) is 25.5 Å². The number of anilines is 2. The number of nitrogens with zero attached hydrogens (tertiary/aromatic N) is 1. The molecule has 0 unspecified atom stereocenters. The van der Waals surface area contributed by atoms with Crippen molar-refractivity contribution in [3.8, 4) is 16.9 Å². The molecule has 1 saturated heterocycles. The Labute approximate surface area is 154 Å². The third kappa shape index (κ3) is 3.31. The van der Waals surface area contributed by atoms with E-state index in [1.165, 1.54) is 11.0 Å². The molecule has 140 valence electrons. The van der Waals surface area contributed by atoms with Crippen molar-refractivity contribution >= 4 is 23.4 Å². The number of fused-ring (bicyclic) bond motifs is 1. The van der Waals surface area contributed by atoms with Gasteiger partial charge in [-0.2, -0.15) is 0 Å². The minimum absolute atomic E-state index is 0.160. The first kappa shape index (κ1) is 17.3. The molecule has 2 aromatic rings. The molecule has 1 fully saturated rings. The van der Waals surface area contributed by atoms with Crippen molar-refractivity contribution in [3.05, 3.63) is 42.2 Å². The largest absolute Gasteiger partial charge is 0.491 e. The van der Waals surface area contributed by atoms with Crippen molar-refractivity contribution in [2.45, 2.75) is 12.5 Å². The summed E-state index contributed by atoms with van der Waals surface area (Å²) in [6.07, 6.45) is -0.979. The highest BCUT2D eigenvalue weighted by molar-refractivity contribution is 5.94. The summed E-state index contributed by atoms with van der Waals surface area (Å²) in [6.45, 7) is 0.171. The Balaban J connectivity index is 1.64. The number of hydrogen-bond donors (Lipinski definition) is 2. The van der Waals surface area contributed by atoms with Crippen LogP contribution in [0, 0.1) is 5.82 Å². The van der Waals surface area contributed by atoms with Gasteiger partial charge in [-0.05, 0) is 35.9 Å². The lowest BCUT2D eigenvalue weighted by Gasteiger charge is -2.15. The lowest BCUT2D eigenvalue weighted by molar-refractivity contribution is -0.116. The second-order valence-corrected chi connectivity index (χ2v) is 6.32. The van der Waals surface area contributed by atoms with Crippen LogP contribution in [0.4, 0.5) is 20.6 Å². The van der Waals surface area contributed by atoms with Gasteiger partial charge in [0.1, 0.15) is 17.7 Å². The van der Waals surface area contributed by atoms with Gasteiger partial charge in [0.05, 0.1) is 37.6 Å². The molecule has 27 heavy (non-hydrogen) atoms.